The zero-order valence-corrected chi connectivity index (χ0v) is 14.6. The van der Waals surface area contributed by atoms with Gasteiger partial charge in [-0.1, -0.05) is 12.1 Å². The van der Waals surface area contributed by atoms with E-state index in [0.29, 0.717) is 5.56 Å². The van der Waals surface area contributed by atoms with Crippen molar-refractivity contribution in [3.8, 4) is 0 Å². The van der Waals surface area contributed by atoms with E-state index in [1.165, 1.54) is 30.3 Å². The minimum absolute atomic E-state index is 0.0545. The molecule has 2 amide bonds. The summed E-state index contributed by atoms with van der Waals surface area (Å²) in [7, 11) is 0. The summed E-state index contributed by atoms with van der Waals surface area (Å²) in [6, 6.07) is 7.33. The van der Waals surface area contributed by atoms with Gasteiger partial charge in [0.15, 0.2) is 0 Å². The number of nitrogens with one attached hydrogen (secondary N) is 1. The standard InChI is InChI=1S/C19H15F3N2O4/c1-10-5-6-11(18(27)28)7-15(10)24-16(25)9-14(17(24)26)23-13-4-2-3-12(8-13)19(20,21)22/h2-8,14,23H,9H2,1H3,(H,27,28). The minimum Gasteiger partial charge on any atom is -0.478 e. The molecule has 0 aromatic heterocycles. The quantitative estimate of drug-likeness (QED) is 0.779. The van der Waals surface area contributed by atoms with Crippen molar-refractivity contribution in [1.29, 1.82) is 0 Å². The molecule has 1 aliphatic heterocycles. The number of halogens is 3. The third-order valence-corrected chi connectivity index (χ3v) is 4.37. The molecule has 0 spiro atoms. The monoisotopic (exact) mass is 392 g/mol. The van der Waals surface area contributed by atoms with Crippen molar-refractivity contribution in [2.24, 2.45) is 0 Å². The van der Waals surface area contributed by atoms with Crippen LogP contribution in [0.25, 0.3) is 0 Å². The Morgan fingerprint density at radius 1 is 1.18 bits per heavy atom. The van der Waals surface area contributed by atoms with Gasteiger partial charge in [-0.3, -0.25) is 9.59 Å². The number of hydrogen-bond acceptors (Lipinski definition) is 4. The maximum Gasteiger partial charge on any atom is 0.416 e. The highest BCUT2D eigenvalue weighted by Gasteiger charge is 2.40. The predicted molar refractivity (Wildman–Crippen MR) is 94.1 cm³/mol. The van der Waals surface area contributed by atoms with E-state index in [-0.39, 0.29) is 23.4 Å². The molecule has 2 aromatic rings. The summed E-state index contributed by atoms with van der Waals surface area (Å²) in [5.41, 5.74) is -0.250. The molecule has 1 heterocycles. The molecule has 6 nitrogen and oxygen atoms in total. The largest absolute Gasteiger partial charge is 0.478 e. The van der Waals surface area contributed by atoms with Crippen LogP contribution in [-0.4, -0.2) is 28.9 Å². The number of amides is 2. The van der Waals surface area contributed by atoms with Gasteiger partial charge in [-0.05, 0) is 42.8 Å². The van der Waals surface area contributed by atoms with Crippen LogP contribution < -0.4 is 10.2 Å². The molecule has 1 aliphatic rings. The summed E-state index contributed by atoms with van der Waals surface area (Å²) < 4.78 is 38.5. The van der Waals surface area contributed by atoms with Gasteiger partial charge in [0.1, 0.15) is 6.04 Å². The number of rotatable bonds is 4. The number of carboxylic acids is 1. The number of nitrogens with zero attached hydrogens (tertiary/aromatic N) is 1. The number of imide groups is 1. The van der Waals surface area contributed by atoms with Crippen LogP contribution in [0, 0.1) is 6.92 Å². The highest BCUT2D eigenvalue weighted by atomic mass is 19.4. The zero-order valence-electron chi connectivity index (χ0n) is 14.6. The fourth-order valence-corrected chi connectivity index (χ4v) is 2.97. The average Bonchev–Trinajstić information content (AvgIpc) is 2.88. The highest BCUT2D eigenvalue weighted by Crippen LogP contribution is 2.32. The zero-order chi connectivity index (χ0) is 20.6. The smallest absolute Gasteiger partial charge is 0.416 e. The lowest BCUT2D eigenvalue weighted by Crippen LogP contribution is -2.35. The molecule has 1 fully saturated rings. The van der Waals surface area contributed by atoms with Crippen molar-refractivity contribution >= 4 is 29.2 Å². The Bertz CT molecular complexity index is 972. The van der Waals surface area contributed by atoms with E-state index < -0.39 is 35.6 Å². The van der Waals surface area contributed by atoms with E-state index in [1.54, 1.807) is 6.92 Å². The number of hydrogen-bond donors (Lipinski definition) is 2. The number of alkyl halides is 3. The fraction of sp³-hybridized carbons (Fsp3) is 0.211. The maximum atomic E-state index is 12.8. The predicted octanol–water partition coefficient (Wildman–Crippen LogP) is 3.46. The summed E-state index contributed by atoms with van der Waals surface area (Å²) in [6.45, 7) is 1.62. The summed E-state index contributed by atoms with van der Waals surface area (Å²) in [6.07, 6.45) is -4.79. The Balaban J connectivity index is 1.87. The van der Waals surface area contributed by atoms with Gasteiger partial charge in [0, 0.05) is 5.69 Å². The lowest BCUT2D eigenvalue weighted by Gasteiger charge is -2.19. The number of carbonyl (C=O) groups excluding carboxylic acids is 2. The molecule has 3 rings (SSSR count). The van der Waals surface area contributed by atoms with Crippen LogP contribution in [0.3, 0.4) is 0 Å². The lowest BCUT2D eigenvalue weighted by molar-refractivity contribution is -0.137. The summed E-state index contributed by atoms with van der Waals surface area (Å²) in [5.74, 6) is -2.44. The summed E-state index contributed by atoms with van der Waals surface area (Å²) in [5, 5.41) is 11.8. The van der Waals surface area contributed by atoms with Crippen LogP contribution in [0.4, 0.5) is 24.5 Å². The van der Waals surface area contributed by atoms with Crippen molar-refractivity contribution in [2.75, 3.05) is 10.2 Å². The molecular weight excluding hydrogens is 377 g/mol. The molecule has 0 radical (unpaired) electrons. The first-order chi connectivity index (χ1) is 13.1. The molecule has 28 heavy (non-hydrogen) atoms. The van der Waals surface area contributed by atoms with Crippen molar-refractivity contribution < 1.29 is 32.7 Å². The molecule has 0 aliphatic carbocycles. The van der Waals surface area contributed by atoms with Gasteiger partial charge in [0.05, 0.1) is 23.2 Å². The topological polar surface area (TPSA) is 86.7 Å². The second kappa shape index (κ2) is 6.99. The minimum atomic E-state index is -4.53. The van der Waals surface area contributed by atoms with Crippen LogP contribution in [0.2, 0.25) is 0 Å². The first-order valence-corrected chi connectivity index (χ1v) is 8.22. The Hall–Kier alpha value is -3.36. The number of aryl methyl sites for hydroxylation is 1. The average molecular weight is 392 g/mol. The number of carbonyl (C=O) groups is 3. The lowest BCUT2D eigenvalue weighted by atomic mass is 10.1. The van der Waals surface area contributed by atoms with Crippen LogP contribution in [-0.2, 0) is 15.8 Å². The summed E-state index contributed by atoms with van der Waals surface area (Å²) >= 11 is 0. The van der Waals surface area contributed by atoms with Gasteiger partial charge < -0.3 is 10.4 Å². The van der Waals surface area contributed by atoms with Crippen molar-refractivity contribution in [1.82, 2.24) is 0 Å². The molecule has 1 unspecified atom stereocenters. The van der Waals surface area contributed by atoms with Gasteiger partial charge in [-0.15, -0.1) is 0 Å². The van der Waals surface area contributed by atoms with Crippen LogP contribution >= 0.6 is 0 Å². The Morgan fingerprint density at radius 2 is 1.89 bits per heavy atom. The van der Waals surface area contributed by atoms with Crippen molar-refractivity contribution in [2.45, 2.75) is 25.6 Å². The van der Waals surface area contributed by atoms with E-state index in [4.69, 9.17) is 5.11 Å². The highest BCUT2D eigenvalue weighted by molar-refractivity contribution is 6.23. The molecule has 146 valence electrons. The molecule has 9 heteroatoms. The second-order valence-corrected chi connectivity index (χ2v) is 6.35. The first kappa shape index (κ1) is 19.4. The molecule has 1 saturated heterocycles. The van der Waals surface area contributed by atoms with Crippen molar-refractivity contribution in [3.63, 3.8) is 0 Å². The Morgan fingerprint density at radius 3 is 2.54 bits per heavy atom. The second-order valence-electron chi connectivity index (χ2n) is 6.35. The van der Waals surface area contributed by atoms with Crippen LogP contribution in [0.5, 0.6) is 0 Å². The molecule has 2 N–H and O–H groups in total. The normalized spacial score (nSPS) is 17.1. The van der Waals surface area contributed by atoms with E-state index in [0.717, 1.165) is 17.0 Å². The maximum absolute atomic E-state index is 12.8. The van der Waals surface area contributed by atoms with E-state index >= 15 is 0 Å². The van der Waals surface area contributed by atoms with Crippen LogP contribution in [0.1, 0.15) is 27.9 Å². The Kier molecular flexibility index (Phi) is 4.84. The molecule has 0 bridgehead atoms. The third kappa shape index (κ3) is 3.68. The van der Waals surface area contributed by atoms with E-state index in [2.05, 4.69) is 5.32 Å². The van der Waals surface area contributed by atoms with E-state index in [9.17, 15) is 27.6 Å². The fourth-order valence-electron chi connectivity index (χ4n) is 2.97. The van der Waals surface area contributed by atoms with Gasteiger partial charge in [0.25, 0.3) is 5.91 Å². The van der Waals surface area contributed by atoms with E-state index in [1.807, 2.05) is 0 Å². The molecular formula is C19H15F3N2O4. The number of benzene rings is 2. The number of carboxylic acid groups (broad SMARTS) is 1. The van der Waals surface area contributed by atoms with Gasteiger partial charge >= 0.3 is 12.1 Å². The summed E-state index contributed by atoms with van der Waals surface area (Å²) in [4.78, 5) is 37.1. The van der Waals surface area contributed by atoms with Crippen LogP contribution in [0.15, 0.2) is 42.5 Å². The molecule has 2 aromatic carbocycles. The van der Waals surface area contributed by atoms with Gasteiger partial charge in [-0.2, -0.15) is 13.2 Å². The SMILES string of the molecule is Cc1ccc(C(=O)O)cc1N1C(=O)CC(Nc2cccc(C(F)(F)F)c2)C1=O. The molecule has 1 atom stereocenters. The van der Waals surface area contributed by atoms with Gasteiger partial charge in [0.2, 0.25) is 5.91 Å². The first-order valence-electron chi connectivity index (χ1n) is 8.22. The van der Waals surface area contributed by atoms with Crippen molar-refractivity contribution in [3.05, 3.63) is 59.2 Å². The Labute approximate surface area is 157 Å². The number of anilines is 2. The third-order valence-electron chi connectivity index (χ3n) is 4.37. The van der Waals surface area contributed by atoms with Gasteiger partial charge in [-0.25, -0.2) is 9.69 Å². The molecule has 0 saturated carbocycles. The number of aromatic carboxylic acids is 1.